The lowest BCUT2D eigenvalue weighted by molar-refractivity contribution is -0.140. The second kappa shape index (κ2) is 10.7. The fraction of sp³-hybridized carbons (Fsp3) is 0.345. The Balaban J connectivity index is 1.44. The fourth-order valence-corrected chi connectivity index (χ4v) is 4.68. The molecule has 1 aliphatic rings. The van der Waals surface area contributed by atoms with Gasteiger partial charge in [-0.3, -0.25) is 9.69 Å². The molecule has 1 aliphatic heterocycles. The summed E-state index contributed by atoms with van der Waals surface area (Å²) in [5, 5.41) is 0. The summed E-state index contributed by atoms with van der Waals surface area (Å²) in [6, 6.07) is 27.6. The predicted molar refractivity (Wildman–Crippen MR) is 134 cm³/mol. The number of benzene rings is 3. The number of nitrogens with zero attached hydrogens (tertiary/aromatic N) is 2. The molecular formula is C29H34N2O2. The van der Waals surface area contributed by atoms with Crippen LogP contribution < -0.4 is 4.74 Å². The number of carbonyl (C=O) groups excluding carboxylic acids is 1. The van der Waals surface area contributed by atoms with Crippen LogP contribution in [0.15, 0.2) is 78.9 Å². The largest absolute Gasteiger partial charge is 0.480 e. The molecule has 4 nitrogen and oxygen atoms in total. The summed E-state index contributed by atoms with van der Waals surface area (Å²) in [7, 11) is 0. The number of aryl methyl sites for hydroxylation is 2. The van der Waals surface area contributed by atoms with Crippen molar-refractivity contribution < 1.29 is 9.53 Å². The molecule has 33 heavy (non-hydrogen) atoms. The Kier molecular flexibility index (Phi) is 7.46. The van der Waals surface area contributed by atoms with E-state index in [4.69, 9.17) is 4.74 Å². The summed E-state index contributed by atoms with van der Waals surface area (Å²) in [5.74, 6) is 0.890. The van der Waals surface area contributed by atoms with E-state index >= 15 is 0 Å². The van der Waals surface area contributed by atoms with Crippen molar-refractivity contribution in [1.29, 1.82) is 0 Å². The molecule has 1 unspecified atom stereocenters. The molecule has 0 spiro atoms. The smallest absolute Gasteiger partial charge is 0.263 e. The van der Waals surface area contributed by atoms with Crippen LogP contribution in [0.3, 0.4) is 0 Å². The van der Waals surface area contributed by atoms with Crippen LogP contribution in [0, 0.1) is 13.8 Å². The Bertz CT molecular complexity index is 1000. The highest BCUT2D eigenvalue weighted by molar-refractivity contribution is 5.81. The molecule has 1 fully saturated rings. The predicted octanol–water partition coefficient (Wildman–Crippen LogP) is 5.39. The second-order valence-corrected chi connectivity index (χ2v) is 8.87. The van der Waals surface area contributed by atoms with Crippen molar-refractivity contribution in [1.82, 2.24) is 9.80 Å². The van der Waals surface area contributed by atoms with Gasteiger partial charge in [0.25, 0.3) is 5.91 Å². The van der Waals surface area contributed by atoms with E-state index in [2.05, 4.69) is 78.6 Å². The minimum Gasteiger partial charge on any atom is -0.480 e. The monoisotopic (exact) mass is 442 g/mol. The van der Waals surface area contributed by atoms with Gasteiger partial charge in [-0.1, -0.05) is 85.3 Å². The van der Waals surface area contributed by atoms with Gasteiger partial charge in [-0.2, -0.15) is 0 Å². The van der Waals surface area contributed by atoms with Gasteiger partial charge in [0.2, 0.25) is 0 Å². The Morgan fingerprint density at radius 1 is 0.848 bits per heavy atom. The van der Waals surface area contributed by atoms with Gasteiger partial charge in [-0.05, 0) is 43.0 Å². The van der Waals surface area contributed by atoms with Crippen LogP contribution in [-0.2, 0) is 4.79 Å². The fourth-order valence-electron chi connectivity index (χ4n) is 4.68. The normalized spacial score (nSPS) is 15.5. The molecule has 1 saturated heterocycles. The van der Waals surface area contributed by atoms with E-state index in [-0.39, 0.29) is 11.9 Å². The molecule has 0 radical (unpaired) electrons. The van der Waals surface area contributed by atoms with E-state index in [9.17, 15) is 4.79 Å². The van der Waals surface area contributed by atoms with Crippen molar-refractivity contribution in [2.75, 3.05) is 26.2 Å². The molecule has 172 valence electrons. The maximum atomic E-state index is 13.3. The van der Waals surface area contributed by atoms with Gasteiger partial charge in [-0.25, -0.2) is 0 Å². The van der Waals surface area contributed by atoms with Gasteiger partial charge < -0.3 is 9.64 Å². The van der Waals surface area contributed by atoms with Crippen LogP contribution >= 0.6 is 0 Å². The molecular weight excluding hydrogens is 408 g/mol. The van der Waals surface area contributed by atoms with Crippen LogP contribution in [0.4, 0.5) is 0 Å². The van der Waals surface area contributed by atoms with Crippen molar-refractivity contribution in [3.63, 3.8) is 0 Å². The highest BCUT2D eigenvalue weighted by Crippen LogP contribution is 2.30. The Morgan fingerprint density at radius 2 is 1.42 bits per heavy atom. The molecule has 1 heterocycles. The lowest BCUT2D eigenvalue weighted by Crippen LogP contribution is -2.53. The van der Waals surface area contributed by atoms with Crippen molar-refractivity contribution in [3.8, 4) is 5.75 Å². The number of rotatable bonds is 7. The van der Waals surface area contributed by atoms with Crippen LogP contribution in [0.1, 0.15) is 41.6 Å². The lowest BCUT2D eigenvalue weighted by atomic mass is 9.96. The van der Waals surface area contributed by atoms with Crippen LogP contribution in [0.5, 0.6) is 5.75 Å². The minimum atomic E-state index is -0.447. The highest BCUT2D eigenvalue weighted by Gasteiger charge is 2.31. The van der Waals surface area contributed by atoms with Gasteiger partial charge in [0.1, 0.15) is 5.75 Å². The van der Waals surface area contributed by atoms with E-state index < -0.39 is 6.10 Å². The SMILES string of the molecule is CCC(Oc1ccc(C)cc1C)C(=O)N1CCN(C(c2ccccc2)c2ccccc2)CC1. The summed E-state index contributed by atoms with van der Waals surface area (Å²) in [6.07, 6.45) is 0.209. The molecule has 0 aliphatic carbocycles. The molecule has 1 atom stereocenters. The number of hydrogen-bond donors (Lipinski definition) is 0. The van der Waals surface area contributed by atoms with Crippen molar-refractivity contribution in [2.24, 2.45) is 0 Å². The molecule has 0 saturated carbocycles. The average molecular weight is 443 g/mol. The third-order valence-electron chi connectivity index (χ3n) is 6.47. The Labute approximate surface area is 197 Å². The van der Waals surface area contributed by atoms with E-state index in [1.807, 2.05) is 30.9 Å². The van der Waals surface area contributed by atoms with Crippen LogP contribution in [-0.4, -0.2) is 48.0 Å². The minimum absolute atomic E-state index is 0.0908. The number of amides is 1. The number of carbonyl (C=O) groups is 1. The van der Waals surface area contributed by atoms with Gasteiger partial charge in [0.15, 0.2) is 6.10 Å². The van der Waals surface area contributed by atoms with Gasteiger partial charge in [0.05, 0.1) is 6.04 Å². The first-order chi connectivity index (χ1) is 16.1. The van der Waals surface area contributed by atoms with Crippen molar-refractivity contribution in [2.45, 2.75) is 39.3 Å². The molecule has 4 heteroatoms. The molecule has 0 N–H and O–H groups in total. The number of hydrogen-bond acceptors (Lipinski definition) is 3. The average Bonchev–Trinajstić information content (AvgIpc) is 2.85. The van der Waals surface area contributed by atoms with E-state index in [1.54, 1.807) is 0 Å². The van der Waals surface area contributed by atoms with Gasteiger partial charge in [-0.15, -0.1) is 0 Å². The standard InChI is InChI=1S/C29H34N2O2/c1-4-26(33-27-16-15-22(2)21-23(27)3)29(32)31-19-17-30(18-20-31)28(24-11-7-5-8-12-24)25-13-9-6-10-14-25/h5-16,21,26,28H,4,17-20H2,1-3H3. The molecule has 0 aromatic heterocycles. The second-order valence-electron chi connectivity index (χ2n) is 8.87. The maximum absolute atomic E-state index is 13.3. The summed E-state index contributed by atoms with van der Waals surface area (Å²) in [4.78, 5) is 17.8. The van der Waals surface area contributed by atoms with E-state index in [1.165, 1.54) is 16.7 Å². The van der Waals surface area contributed by atoms with Gasteiger partial charge in [0, 0.05) is 26.2 Å². The molecule has 4 rings (SSSR count). The molecule has 3 aromatic carbocycles. The third-order valence-corrected chi connectivity index (χ3v) is 6.47. The van der Waals surface area contributed by atoms with Crippen LogP contribution in [0.2, 0.25) is 0 Å². The highest BCUT2D eigenvalue weighted by atomic mass is 16.5. The Hall–Kier alpha value is -3.11. The first-order valence-electron chi connectivity index (χ1n) is 11.9. The summed E-state index contributed by atoms with van der Waals surface area (Å²) >= 11 is 0. The lowest BCUT2D eigenvalue weighted by Gasteiger charge is -2.40. The first kappa shape index (κ1) is 23.1. The zero-order chi connectivity index (χ0) is 23.2. The first-order valence-corrected chi connectivity index (χ1v) is 11.9. The Morgan fingerprint density at radius 3 is 1.94 bits per heavy atom. The zero-order valence-electron chi connectivity index (χ0n) is 19.9. The van der Waals surface area contributed by atoms with Gasteiger partial charge >= 0.3 is 0 Å². The van der Waals surface area contributed by atoms with Crippen molar-refractivity contribution >= 4 is 5.91 Å². The molecule has 0 bridgehead atoms. The maximum Gasteiger partial charge on any atom is 0.263 e. The summed E-state index contributed by atoms with van der Waals surface area (Å²) in [5.41, 5.74) is 4.84. The van der Waals surface area contributed by atoms with Crippen LogP contribution in [0.25, 0.3) is 0 Å². The topological polar surface area (TPSA) is 32.8 Å². The quantitative estimate of drug-likeness (QED) is 0.491. The van der Waals surface area contributed by atoms with E-state index in [0.29, 0.717) is 19.5 Å². The summed E-state index contributed by atoms with van der Waals surface area (Å²) in [6.45, 7) is 9.20. The molecule has 1 amide bonds. The van der Waals surface area contributed by atoms with Crippen molar-refractivity contribution in [3.05, 3.63) is 101 Å². The zero-order valence-corrected chi connectivity index (χ0v) is 19.9. The van der Waals surface area contributed by atoms with E-state index in [0.717, 1.165) is 24.4 Å². The molecule has 3 aromatic rings. The summed E-state index contributed by atoms with van der Waals surface area (Å²) < 4.78 is 6.17. The number of piperazine rings is 1. The third kappa shape index (κ3) is 5.45. The number of ether oxygens (including phenoxy) is 1.